The Morgan fingerprint density at radius 1 is 1.48 bits per heavy atom. The van der Waals surface area contributed by atoms with Crippen molar-refractivity contribution < 1.29 is 9.13 Å². The number of aromatic nitrogens is 1. The third-order valence-electron chi connectivity index (χ3n) is 3.50. The van der Waals surface area contributed by atoms with E-state index >= 15 is 0 Å². The number of nitrogens with one attached hydrogen (secondary N) is 2. The molecule has 5 nitrogen and oxygen atoms in total. The molecule has 1 aromatic heterocycles. The van der Waals surface area contributed by atoms with Crippen LogP contribution in [0.2, 0.25) is 0 Å². The van der Waals surface area contributed by atoms with Crippen molar-refractivity contribution in [2.75, 3.05) is 26.5 Å². The van der Waals surface area contributed by atoms with Crippen LogP contribution in [0.4, 0.5) is 4.39 Å². The molecule has 0 saturated carbocycles. The number of benzene rings is 1. The summed E-state index contributed by atoms with van der Waals surface area (Å²) in [4.78, 5) is 8.46. The highest BCUT2D eigenvalue weighted by Gasteiger charge is 2.11. The first-order valence-corrected chi connectivity index (χ1v) is 9.83. The zero-order valence-electron chi connectivity index (χ0n) is 14.6. The number of guanidine groups is 1. The number of thiazole rings is 1. The lowest BCUT2D eigenvalue weighted by atomic mass is 10.1. The van der Waals surface area contributed by atoms with Crippen LogP contribution in [0.25, 0.3) is 0 Å². The van der Waals surface area contributed by atoms with Crippen molar-refractivity contribution >= 4 is 29.1 Å². The Balaban J connectivity index is 1.75. The maximum absolute atomic E-state index is 13.8. The number of rotatable bonds is 8. The van der Waals surface area contributed by atoms with Crippen molar-refractivity contribution in [1.82, 2.24) is 15.6 Å². The van der Waals surface area contributed by atoms with Gasteiger partial charge in [-0.3, -0.25) is 4.99 Å². The molecule has 2 aromatic rings. The van der Waals surface area contributed by atoms with Crippen molar-refractivity contribution in [2.24, 2.45) is 4.99 Å². The van der Waals surface area contributed by atoms with Gasteiger partial charge in [-0.2, -0.15) is 0 Å². The average molecular weight is 383 g/mol. The summed E-state index contributed by atoms with van der Waals surface area (Å²) in [5.74, 6) is 1.58. The highest BCUT2D eigenvalue weighted by atomic mass is 32.2. The van der Waals surface area contributed by atoms with Gasteiger partial charge in [-0.25, -0.2) is 9.37 Å². The Labute approximate surface area is 156 Å². The van der Waals surface area contributed by atoms with Crippen molar-refractivity contribution in [3.63, 3.8) is 0 Å². The first kappa shape index (κ1) is 19.5. The minimum atomic E-state index is -0.365. The largest absolute Gasteiger partial charge is 0.494 e. The predicted octanol–water partition coefficient (Wildman–Crippen LogP) is 3.70. The molecule has 0 saturated heterocycles. The van der Waals surface area contributed by atoms with Gasteiger partial charge < -0.3 is 15.4 Å². The molecule has 0 aliphatic heterocycles. The number of methoxy groups -OCH3 is 1. The van der Waals surface area contributed by atoms with E-state index in [-0.39, 0.29) is 17.6 Å². The second-order valence-corrected chi connectivity index (χ2v) is 7.50. The second-order valence-electron chi connectivity index (χ2n) is 5.26. The van der Waals surface area contributed by atoms with Crippen LogP contribution >= 0.6 is 23.1 Å². The molecule has 136 valence electrons. The topological polar surface area (TPSA) is 58.5 Å². The first-order chi connectivity index (χ1) is 12.1. The number of hydrogen-bond acceptors (Lipinski definition) is 5. The molecule has 2 rings (SSSR count). The van der Waals surface area contributed by atoms with Gasteiger partial charge in [0.25, 0.3) is 0 Å². The maximum Gasteiger partial charge on any atom is 0.191 e. The maximum atomic E-state index is 13.8. The van der Waals surface area contributed by atoms with E-state index in [1.807, 2.05) is 24.6 Å². The Kier molecular flexibility index (Phi) is 8.00. The van der Waals surface area contributed by atoms with Crippen molar-refractivity contribution in [3.05, 3.63) is 41.2 Å². The molecule has 25 heavy (non-hydrogen) atoms. The zero-order chi connectivity index (χ0) is 18.1. The molecule has 1 heterocycles. The fourth-order valence-electron chi connectivity index (χ4n) is 2.16. The van der Waals surface area contributed by atoms with E-state index in [0.717, 1.165) is 28.6 Å². The molecular weight excluding hydrogens is 359 g/mol. The molecule has 1 aromatic carbocycles. The molecule has 8 heteroatoms. The van der Waals surface area contributed by atoms with Gasteiger partial charge in [-0.1, -0.05) is 17.8 Å². The fraction of sp³-hybridized carbons (Fsp3) is 0.412. The highest BCUT2D eigenvalue weighted by molar-refractivity contribution is 8.00. The van der Waals surface area contributed by atoms with Crippen molar-refractivity contribution in [3.8, 4) is 5.75 Å². The van der Waals surface area contributed by atoms with Gasteiger partial charge in [-0.15, -0.1) is 11.3 Å². The lowest BCUT2D eigenvalue weighted by molar-refractivity contribution is 0.386. The van der Waals surface area contributed by atoms with Gasteiger partial charge in [0.05, 0.1) is 13.2 Å². The molecule has 0 spiro atoms. The third kappa shape index (κ3) is 6.21. The Morgan fingerprint density at radius 3 is 2.96 bits per heavy atom. The number of thioether (sulfide) groups is 1. The Hall–Kier alpha value is -1.80. The van der Waals surface area contributed by atoms with E-state index in [9.17, 15) is 4.39 Å². The molecule has 0 amide bonds. The fourth-order valence-corrected chi connectivity index (χ4v) is 3.80. The predicted molar refractivity (Wildman–Crippen MR) is 103 cm³/mol. The molecule has 0 aliphatic carbocycles. The van der Waals surface area contributed by atoms with Crippen LogP contribution in [0.5, 0.6) is 5.75 Å². The SMILES string of the molecule is CN=C(NCCCSc1nccs1)NC(C)c1ccc(OC)c(F)c1. The smallest absolute Gasteiger partial charge is 0.191 e. The van der Waals surface area contributed by atoms with Gasteiger partial charge in [0, 0.05) is 30.9 Å². The molecule has 0 fully saturated rings. The number of ether oxygens (including phenoxy) is 1. The second kappa shape index (κ2) is 10.2. The summed E-state index contributed by atoms with van der Waals surface area (Å²) in [5.41, 5.74) is 0.834. The molecule has 0 bridgehead atoms. The number of nitrogens with zero attached hydrogens (tertiary/aromatic N) is 2. The highest BCUT2D eigenvalue weighted by Crippen LogP contribution is 2.22. The van der Waals surface area contributed by atoms with E-state index in [1.54, 1.807) is 36.2 Å². The lowest BCUT2D eigenvalue weighted by Gasteiger charge is -2.18. The summed E-state index contributed by atoms with van der Waals surface area (Å²) in [6.07, 6.45) is 2.82. The zero-order valence-corrected chi connectivity index (χ0v) is 16.2. The molecule has 2 N–H and O–H groups in total. The normalized spacial score (nSPS) is 12.7. The van der Waals surface area contributed by atoms with E-state index in [2.05, 4.69) is 20.6 Å². The van der Waals surface area contributed by atoms with Gasteiger partial charge >= 0.3 is 0 Å². The van der Waals surface area contributed by atoms with E-state index in [4.69, 9.17) is 4.74 Å². The first-order valence-electron chi connectivity index (χ1n) is 7.97. The van der Waals surface area contributed by atoms with Crippen LogP contribution in [0, 0.1) is 5.82 Å². The van der Waals surface area contributed by atoms with Crippen LogP contribution in [0.15, 0.2) is 39.1 Å². The number of aliphatic imine (C=N–C) groups is 1. The summed E-state index contributed by atoms with van der Waals surface area (Å²) in [7, 11) is 3.18. The summed E-state index contributed by atoms with van der Waals surface area (Å²) >= 11 is 3.41. The summed E-state index contributed by atoms with van der Waals surface area (Å²) in [5, 5.41) is 8.53. The number of halogens is 1. The van der Waals surface area contributed by atoms with Crippen molar-refractivity contribution in [2.45, 2.75) is 23.7 Å². The molecule has 0 radical (unpaired) electrons. The quantitative estimate of drug-likeness (QED) is 0.316. The molecule has 1 atom stereocenters. The van der Waals surface area contributed by atoms with Gasteiger partial charge in [0.2, 0.25) is 0 Å². The van der Waals surface area contributed by atoms with Crippen LogP contribution < -0.4 is 15.4 Å². The van der Waals surface area contributed by atoms with Gasteiger partial charge in [-0.05, 0) is 31.0 Å². The lowest BCUT2D eigenvalue weighted by Crippen LogP contribution is -2.39. The van der Waals surface area contributed by atoms with Crippen LogP contribution in [-0.4, -0.2) is 37.4 Å². The molecule has 0 aliphatic rings. The minimum absolute atomic E-state index is 0.0729. The molecule has 1 unspecified atom stereocenters. The Bertz CT molecular complexity index is 679. The van der Waals surface area contributed by atoms with Crippen LogP contribution in [0.1, 0.15) is 24.9 Å². The van der Waals surface area contributed by atoms with Gasteiger partial charge in [0.15, 0.2) is 17.5 Å². The van der Waals surface area contributed by atoms with Crippen molar-refractivity contribution in [1.29, 1.82) is 0 Å². The summed E-state index contributed by atoms with van der Waals surface area (Å²) in [6.45, 7) is 2.77. The third-order valence-corrected chi connectivity index (χ3v) is 5.55. The summed E-state index contributed by atoms with van der Waals surface area (Å²) < 4.78 is 19.9. The van der Waals surface area contributed by atoms with E-state index in [0.29, 0.717) is 5.96 Å². The van der Waals surface area contributed by atoms with Gasteiger partial charge in [0.1, 0.15) is 4.34 Å². The van der Waals surface area contributed by atoms with E-state index < -0.39 is 0 Å². The number of hydrogen-bond donors (Lipinski definition) is 2. The van der Waals surface area contributed by atoms with E-state index in [1.165, 1.54) is 13.2 Å². The average Bonchev–Trinajstić information content (AvgIpc) is 3.13. The monoisotopic (exact) mass is 382 g/mol. The standard InChI is InChI=1S/C17H23FN4OS2/c1-12(13-5-6-15(23-3)14(18)11-13)22-16(19-2)20-7-4-9-24-17-21-8-10-25-17/h5-6,8,10-12H,4,7,9H2,1-3H3,(H2,19,20,22). The molecular formula is C17H23FN4OS2. The van der Waals surface area contributed by atoms with Crippen LogP contribution in [0.3, 0.4) is 0 Å². The minimum Gasteiger partial charge on any atom is -0.494 e. The summed E-state index contributed by atoms with van der Waals surface area (Å²) in [6, 6.07) is 4.89. The Morgan fingerprint density at radius 2 is 2.32 bits per heavy atom. The van der Waals surface area contributed by atoms with Crippen LogP contribution in [-0.2, 0) is 0 Å².